The summed E-state index contributed by atoms with van der Waals surface area (Å²) < 4.78 is 2.18. The Hall–Kier alpha value is -3.41. The smallest absolute Gasteiger partial charge is 0.277 e. The number of carbonyl (C=O) groups is 1. The van der Waals surface area contributed by atoms with Gasteiger partial charge in [0.15, 0.2) is 5.65 Å². The monoisotopic (exact) mass is 406 g/mol. The fraction of sp³-hybridized carbons (Fsp3) is 0. The van der Waals surface area contributed by atoms with E-state index in [4.69, 9.17) is 0 Å². The molecule has 0 saturated heterocycles. The van der Waals surface area contributed by atoms with Crippen molar-refractivity contribution in [3.8, 4) is 0 Å². The second-order valence-electron chi connectivity index (χ2n) is 4.84. The first-order chi connectivity index (χ1) is 11.8. The highest BCUT2D eigenvalue weighted by Crippen LogP contribution is 2.25. The van der Waals surface area contributed by atoms with Gasteiger partial charge in [-0.1, -0.05) is 0 Å². The van der Waals surface area contributed by atoms with Crippen molar-refractivity contribution < 1.29 is 14.6 Å². The van der Waals surface area contributed by atoms with Crippen molar-refractivity contribution in [2.75, 3.05) is 5.32 Å². The zero-order valence-corrected chi connectivity index (χ0v) is 13.7. The lowest BCUT2D eigenvalue weighted by Crippen LogP contribution is -2.13. The van der Waals surface area contributed by atoms with Gasteiger partial charge in [0.1, 0.15) is 6.33 Å². The Morgan fingerprint density at radius 1 is 1.12 bits per heavy atom. The van der Waals surface area contributed by atoms with Gasteiger partial charge in [-0.2, -0.15) is 0 Å². The van der Waals surface area contributed by atoms with E-state index in [1.165, 1.54) is 6.33 Å². The van der Waals surface area contributed by atoms with E-state index in [0.29, 0.717) is 10.1 Å². The molecule has 0 aliphatic rings. The number of pyridine rings is 1. The summed E-state index contributed by atoms with van der Waals surface area (Å²) in [5, 5.41) is 31.9. The number of carbonyl (C=O) groups excluding carboxylic acids is 1. The van der Waals surface area contributed by atoms with E-state index < -0.39 is 27.1 Å². The maximum Gasteiger partial charge on any atom is 0.277 e. The molecule has 0 bridgehead atoms. The van der Waals surface area contributed by atoms with Gasteiger partial charge in [-0.15, -0.1) is 10.2 Å². The summed E-state index contributed by atoms with van der Waals surface area (Å²) in [6.07, 6.45) is 3.09. The van der Waals surface area contributed by atoms with Crippen LogP contribution in [0, 0.1) is 20.2 Å². The number of amides is 1. The Morgan fingerprint density at radius 3 is 2.36 bits per heavy atom. The van der Waals surface area contributed by atoms with E-state index in [0.717, 1.165) is 18.2 Å². The van der Waals surface area contributed by atoms with Crippen LogP contribution in [0.1, 0.15) is 10.4 Å². The maximum atomic E-state index is 12.4. The quantitative estimate of drug-likeness (QED) is 0.517. The largest absolute Gasteiger partial charge is 0.319 e. The molecule has 126 valence electrons. The van der Waals surface area contributed by atoms with Crippen molar-refractivity contribution in [1.29, 1.82) is 0 Å². The fourth-order valence-electron chi connectivity index (χ4n) is 2.13. The molecule has 11 nitrogen and oxygen atoms in total. The Kier molecular flexibility index (Phi) is 4.10. The standard InChI is InChI=1S/C13H7BrN6O5/c14-8-3-11(12-17-15-6-18(12)5-8)16-13(21)7-1-9(19(22)23)4-10(2-7)20(24)25/h1-6H,(H,16,21). The van der Waals surface area contributed by atoms with Crippen LogP contribution in [0.25, 0.3) is 5.65 Å². The second kappa shape index (κ2) is 6.24. The third-order valence-corrected chi connectivity index (χ3v) is 3.63. The van der Waals surface area contributed by atoms with E-state index in [9.17, 15) is 25.0 Å². The zero-order chi connectivity index (χ0) is 18.1. The molecular formula is C13H7BrN6O5. The summed E-state index contributed by atoms with van der Waals surface area (Å²) in [5.41, 5.74) is -0.705. The fourth-order valence-corrected chi connectivity index (χ4v) is 2.58. The lowest BCUT2D eigenvalue weighted by molar-refractivity contribution is -0.394. The van der Waals surface area contributed by atoms with Crippen LogP contribution in [-0.4, -0.2) is 30.4 Å². The van der Waals surface area contributed by atoms with Crippen molar-refractivity contribution in [3.05, 3.63) is 67.1 Å². The highest BCUT2D eigenvalue weighted by atomic mass is 79.9. The molecule has 0 aliphatic heterocycles. The Bertz CT molecular complexity index is 1000. The van der Waals surface area contributed by atoms with Crippen LogP contribution in [0.3, 0.4) is 0 Å². The lowest BCUT2D eigenvalue weighted by atomic mass is 10.1. The predicted octanol–water partition coefficient (Wildman–Crippen LogP) is 2.56. The van der Waals surface area contributed by atoms with Gasteiger partial charge >= 0.3 is 0 Å². The molecule has 3 aromatic rings. The number of non-ortho nitro benzene ring substituents is 2. The summed E-state index contributed by atoms with van der Waals surface area (Å²) in [4.78, 5) is 32.6. The predicted molar refractivity (Wildman–Crippen MR) is 88.4 cm³/mol. The van der Waals surface area contributed by atoms with Crippen molar-refractivity contribution in [2.24, 2.45) is 0 Å². The number of halogens is 1. The number of aromatic nitrogens is 3. The van der Waals surface area contributed by atoms with Gasteiger partial charge in [0.2, 0.25) is 0 Å². The first kappa shape index (κ1) is 16.4. The van der Waals surface area contributed by atoms with Crippen LogP contribution >= 0.6 is 15.9 Å². The molecule has 0 saturated carbocycles. The van der Waals surface area contributed by atoms with Gasteiger partial charge in [0.05, 0.1) is 27.2 Å². The summed E-state index contributed by atoms with van der Waals surface area (Å²) in [5.74, 6) is -0.755. The number of nitrogens with one attached hydrogen (secondary N) is 1. The molecule has 0 unspecified atom stereocenters. The van der Waals surface area contributed by atoms with E-state index in [1.54, 1.807) is 16.7 Å². The molecule has 1 amide bonds. The van der Waals surface area contributed by atoms with Crippen molar-refractivity contribution in [2.45, 2.75) is 0 Å². The topological polar surface area (TPSA) is 146 Å². The highest BCUT2D eigenvalue weighted by molar-refractivity contribution is 9.10. The second-order valence-corrected chi connectivity index (χ2v) is 5.76. The number of nitro groups is 2. The molecule has 2 aromatic heterocycles. The first-order valence-corrected chi connectivity index (χ1v) is 7.38. The normalized spacial score (nSPS) is 10.6. The van der Waals surface area contributed by atoms with Gasteiger partial charge in [0.25, 0.3) is 17.3 Å². The highest BCUT2D eigenvalue weighted by Gasteiger charge is 2.20. The summed E-state index contributed by atoms with van der Waals surface area (Å²) in [6.45, 7) is 0. The van der Waals surface area contributed by atoms with Gasteiger partial charge in [-0.05, 0) is 22.0 Å². The van der Waals surface area contributed by atoms with Crippen LogP contribution < -0.4 is 5.32 Å². The van der Waals surface area contributed by atoms with E-state index >= 15 is 0 Å². The molecule has 0 radical (unpaired) electrons. The number of hydrogen-bond donors (Lipinski definition) is 1. The van der Waals surface area contributed by atoms with Crippen LogP contribution in [0.2, 0.25) is 0 Å². The van der Waals surface area contributed by atoms with Crippen LogP contribution in [-0.2, 0) is 0 Å². The number of nitro benzene ring substituents is 2. The number of fused-ring (bicyclic) bond motifs is 1. The number of hydrogen-bond acceptors (Lipinski definition) is 7. The van der Waals surface area contributed by atoms with Crippen LogP contribution in [0.15, 0.2) is 41.3 Å². The summed E-state index contributed by atoms with van der Waals surface area (Å²) in [7, 11) is 0. The number of benzene rings is 1. The summed E-state index contributed by atoms with van der Waals surface area (Å²) >= 11 is 3.27. The number of nitrogens with zero attached hydrogens (tertiary/aromatic N) is 5. The molecule has 3 rings (SSSR count). The molecular weight excluding hydrogens is 400 g/mol. The Morgan fingerprint density at radius 2 is 1.76 bits per heavy atom. The summed E-state index contributed by atoms with van der Waals surface area (Å²) in [6, 6.07) is 4.27. The lowest BCUT2D eigenvalue weighted by Gasteiger charge is -2.07. The average Bonchev–Trinajstić information content (AvgIpc) is 3.02. The van der Waals surface area contributed by atoms with E-state index in [1.807, 2.05) is 0 Å². The van der Waals surface area contributed by atoms with Crippen LogP contribution in [0.5, 0.6) is 0 Å². The van der Waals surface area contributed by atoms with Gasteiger partial charge in [0, 0.05) is 22.8 Å². The Balaban J connectivity index is 2.01. The molecule has 0 spiro atoms. The molecule has 0 atom stereocenters. The third-order valence-electron chi connectivity index (χ3n) is 3.19. The minimum atomic E-state index is -0.806. The van der Waals surface area contributed by atoms with Crippen molar-refractivity contribution in [3.63, 3.8) is 0 Å². The molecule has 0 fully saturated rings. The van der Waals surface area contributed by atoms with Crippen molar-refractivity contribution in [1.82, 2.24) is 14.6 Å². The van der Waals surface area contributed by atoms with Gasteiger partial charge < -0.3 is 5.32 Å². The Labute approximate surface area is 146 Å². The van der Waals surface area contributed by atoms with E-state index in [2.05, 4.69) is 31.4 Å². The molecule has 1 aromatic carbocycles. The molecule has 12 heteroatoms. The zero-order valence-electron chi connectivity index (χ0n) is 12.1. The van der Waals surface area contributed by atoms with Gasteiger partial charge in [-0.25, -0.2) is 0 Å². The number of anilines is 1. The molecule has 2 heterocycles. The minimum Gasteiger partial charge on any atom is -0.319 e. The molecule has 1 N–H and O–H groups in total. The third kappa shape index (κ3) is 3.28. The van der Waals surface area contributed by atoms with Crippen molar-refractivity contribution >= 4 is 44.5 Å². The van der Waals surface area contributed by atoms with Crippen LogP contribution in [0.4, 0.5) is 17.1 Å². The maximum absolute atomic E-state index is 12.4. The minimum absolute atomic E-state index is 0.224. The molecule has 0 aliphatic carbocycles. The SMILES string of the molecule is O=C(Nc1cc(Br)cn2cnnc12)c1cc([N+](=O)[O-])cc([N+](=O)[O-])c1. The van der Waals surface area contributed by atoms with Gasteiger partial charge in [-0.3, -0.25) is 29.4 Å². The molecule has 25 heavy (non-hydrogen) atoms. The first-order valence-electron chi connectivity index (χ1n) is 6.59. The van der Waals surface area contributed by atoms with E-state index in [-0.39, 0.29) is 11.3 Å². The average molecular weight is 407 g/mol. The number of rotatable bonds is 4.